The molecule has 4 nitrogen and oxygen atoms in total. The molecule has 26 heavy (non-hydrogen) atoms. The van der Waals surface area contributed by atoms with E-state index in [1.807, 2.05) is 0 Å². The lowest BCUT2D eigenvalue weighted by atomic mass is 9.63. The van der Waals surface area contributed by atoms with Crippen molar-refractivity contribution in [3.8, 4) is 0 Å². The SMILES string of the molecule is CC(C)(C)CC(C)(C)C(O)C(N(CCO)CCO)C(C)(C)CC(C)(C)C. The van der Waals surface area contributed by atoms with E-state index in [1.165, 1.54) is 0 Å². The van der Waals surface area contributed by atoms with E-state index in [2.05, 4.69) is 74.1 Å². The van der Waals surface area contributed by atoms with E-state index in [-0.39, 0.29) is 40.9 Å². The van der Waals surface area contributed by atoms with Crippen LogP contribution in [0, 0.1) is 21.7 Å². The van der Waals surface area contributed by atoms with E-state index in [9.17, 15) is 15.3 Å². The van der Waals surface area contributed by atoms with E-state index in [0.717, 1.165) is 12.8 Å². The lowest BCUT2D eigenvalue weighted by Crippen LogP contribution is -2.59. The molecule has 2 unspecified atom stereocenters. The molecule has 2 atom stereocenters. The molecule has 0 spiro atoms. The molecule has 4 heteroatoms. The molecule has 0 fully saturated rings. The van der Waals surface area contributed by atoms with Crippen LogP contribution in [-0.2, 0) is 0 Å². The predicted molar refractivity (Wildman–Crippen MR) is 111 cm³/mol. The zero-order chi connectivity index (χ0) is 21.0. The zero-order valence-electron chi connectivity index (χ0n) is 19.2. The van der Waals surface area contributed by atoms with E-state index in [1.54, 1.807) is 0 Å². The van der Waals surface area contributed by atoms with Gasteiger partial charge in [0.05, 0.1) is 19.3 Å². The third-order valence-electron chi connectivity index (χ3n) is 5.04. The van der Waals surface area contributed by atoms with Gasteiger partial charge in [-0.3, -0.25) is 4.90 Å². The normalized spacial score (nSPS) is 16.8. The second-order valence-corrected chi connectivity index (χ2v) is 11.8. The lowest BCUT2D eigenvalue weighted by molar-refractivity contribution is -0.0968. The number of aliphatic hydroxyl groups is 3. The highest BCUT2D eigenvalue weighted by atomic mass is 16.3. The summed E-state index contributed by atoms with van der Waals surface area (Å²) >= 11 is 0. The van der Waals surface area contributed by atoms with Crippen molar-refractivity contribution in [3.63, 3.8) is 0 Å². The minimum Gasteiger partial charge on any atom is -0.395 e. The Bertz CT molecular complexity index is 399. The molecule has 0 saturated heterocycles. The molecule has 0 aliphatic heterocycles. The Hall–Kier alpha value is -0.160. The molecule has 0 aliphatic rings. The lowest BCUT2D eigenvalue weighted by Gasteiger charge is -2.51. The summed E-state index contributed by atoms with van der Waals surface area (Å²) in [5.74, 6) is 0. The van der Waals surface area contributed by atoms with Gasteiger partial charge in [-0.15, -0.1) is 0 Å². The van der Waals surface area contributed by atoms with Crippen LogP contribution in [0.2, 0.25) is 0 Å². The maximum absolute atomic E-state index is 11.6. The summed E-state index contributed by atoms with van der Waals surface area (Å²) in [7, 11) is 0. The van der Waals surface area contributed by atoms with Crippen LogP contribution in [0.1, 0.15) is 82.1 Å². The average molecular weight is 374 g/mol. The average Bonchev–Trinajstić information content (AvgIpc) is 2.32. The summed E-state index contributed by atoms with van der Waals surface area (Å²) in [5.41, 5.74) is -0.208. The first-order chi connectivity index (χ1) is 11.5. The summed E-state index contributed by atoms with van der Waals surface area (Å²) in [6.45, 7) is 22.9. The maximum atomic E-state index is 11.6. The molecular formula is C22H47NO3. The van der Waals surface area contributed by atoms with Crippen LogP contribution in [-0.4, -0.2) is 58.7 Å². The molecule has 0 aliphatic carbocycles. The molecular weight excluding hydrogens is 326 g/mol. The van der Waals surface area contributed by atoms with E-state index in [0.29, 0.717) is 13.1 Å². The highest BCUT2D eigenvalue weighted by Gasteiger charge is 2.47. The first-order valence-electron chi connectivity index (χ1n) is 10.1. The Balaban J connectivity index is 5.96. The summed E-state index contributed by atoms with van der Waals surface area (Å²) in [6.07, 6.45) is 1.29. The standard InChI is InChI=1S/C22H47NO3/c1-19(2,3)15-21(7,8)17(23(11-13-24)12-14-25)18(26)22(9,10)16-20(4,5)6/h17-18,24-26H,11-16H2,1-10H3. The summed E-state index contributed by atoms with van der Waals surface area (Å²) in [4.78, 5) is 2.08. The molecule has 0 bridgehead atoms. The number of nitrogens with zero attached hydrogens (tertiary/aromatic N) is 1. The Morgan fingerprint density at radius 3 is 1.31 bits per heavy atom. The molecule has 158 valence electrons. The molecule has 0 radical (unpaired) electrons. The van der Waals surface area contributed by atoms with Gasteiger partial charge < -0.3 is 15.3 Å². The molecule has 0 heterocycles. The van der Waals surface area contributed by atoms with Gasteiger partial charge >= 0.3 is 0 Å². The van der Waals surface area contributed by atoms with E-state index in [4.69, 9.17) is 0 Å². The zero-order valence-corrected chi connectivity index (χ0v) is 19.2. The van der Waals surface area contributed by atoms with Crippen molar-refractivity contribution in [1.29, 1.82) is 0 Å². The van der Waals surface area contributed by atoms with Gasteiger partial charge in [-0.1, -0.05) is 69.2 Å². The predicted octanol–water partition coefficient (Wildman–Crippen LogP) is 3.93. The van der Waals surface area contributed by atoms with Crippen molar-refractivity contribution >= 4 is 0 Å². The maximum Gasteiger partial charge on any atom is 0.0751 e. The Kier molecular flexibility index (Phi) is 9.30. The Labute approximate surface area is 163 Å². The van der Waals surface area contributed by atoms with E-state index < -0.39 is 6.10 Å². The minimum atomic E-state index is -0.558. The van der Waals surface area contributed by atoms with Crippen molar-refractivity contribution in [3.05, 3.63) is 0 Å². The van der Waals surface area contributed by atoms with Crippen LogP contribution in [0.25, 0.3) is 0 Å². The van der Waals surface area contributed by atoms with Gasteiger partial charge in [0.1, 0.15) is 0 Å². The van der Waals surface area contributed by atoms with Crippen LogP contribution in [0.3, 0.4) is 0 Å². The van der Waals surface area contributed by atoms with Gasteiger partial charge in [0.2, 0.25) is 0 Å². The van der Waals surface area contributed by atoms with Gasteiger partial charge in [-0.2, -0.15) is 0 Å². The van der Waals surface area contributed by atoms with Crippen LogP contribution in [0.4, 0.5) is 0 Å². The second-order valence-electron chi connectivity index (χ2n) is 11.8. The molecule has 3 N–H and O–H groups in total. The monoisotopic (exact) mass is 373 g/mol. The van der Waals surface area contributed by atoms with Gasteiger partial charge in [0.15, 0.2) is 0 Å². The fourth-order valence-electron chi connectivity index (χ4n) is 5.14. The molecule has 0 saturated carbocycles. The van der Waals surface area contributed by atoms with Crippen molar-refractivity contribution in [2.75, 3.05) is 26.3 Å². The molecule has 0 amide bonds. The fraction of sp³-hybridized carbons (Fsp3) is 1.00. The summed E-state index contributed by atoms with van der Waals surface area (Å²) < 4.78 is 0. The van der Waals surface area contributed by atoms with Crippen LogP contribution in [0.15, 0.2) is 0 Å². The highest BCUT2D eigenvalue weighted by molar-refractivity contribution is 4.99. The number of hydrogen-bond acceptors (Lipinski definition) is 4. The van der Waals surface area contributed by atoms with Gasteiger partial charge in [0.25, 0.3) is 0 Å². The summed E-state index contributed by atoms with van der Waals surface area (Å²) in [6, 6.07) is -0.140. The largest absolute Gasteiger partial charge is 0.395 e. The van der Waals surface area contributed by atoms with Gasteiger partial charge in [-0.25, -0.2) is 0 Å². The van der Waals surface area contributed by atoms with Crippen molar-refractivity contribution in [2.24, 2.45) is 21.7 Å². The summed E-state index contributed by atoms with van der Waals surface area (Å²) in [5, 5.41) is 30.7. The van der Waals surface area contributed by atoms with Crippen LogP contribution < -0.4 is 0 Å². The first-order valence-corrected chi connectivity index (χ1v) is 10.1. The van der Waals surface area contributed by atoms with Gasteiger partial charge in [0, 0.05) is 19.1 Å². The van der Waals surface area contributed by atoms with Crippen LogP contribution >= 0.6 is 0 Å². The van der Waals surface area contributed by atoms with Gasteiger partial charge in [-0.05, 0) is 34.5 Å². The first kappa shape index (κ1) is 25.8. The third-order valence-corrected chi connectivity index (χ3v) is 5.04. The smallest absolute Gasteiger partial charge is 0.0751 e. The molecule has 0 aromatic heterocycles. The Morgan fingerprint density at radius 2 is 1.00 bits per heavy atom. The number of rotatable bonds is 10. The molecule has 0 aromatic rings. The Morgan fingerprint density at radius 1 is 0.654 bits per heavy atom. The number of aliphatic hydroxyl groups excluding tert-OH is 3. The third kappa shape index (κ3) is 8.69. The topological polar surface area (TPSA) is 63.9 Å². The molecule has 0 rings (SSSR count). The molecule has 0 aromatic carbocycles. The van der Waals surface area contributed by atoms with Crippen molar-refractivity contribution < 1.29 is 15.3 Å². The van der Waals surface area contributed by atoms with Crippen LogP contribution in [0.5, 0.6) is 0 Å². The fourth-order valence-corrected chi connectivity index (χ4v) is 5.14. The highest BCUT2D eigenvalue weighted by Crippen LogP contribution is 2.45. The van der Waals surface area contributed by atoms with E-state index >= 15 is 0 Å². The second kappa shape index (κ2) is 9.36. The van der Waals surface area contributed by atoms with Crippen molar-refractivity contribution in [2.45, 2.75) is 94.2 Å². The van der Waals surface area contributed by atoms with Crippen molar-refractivity contribution in [1.82, 2.24) is 4.90 Å². The number of hydrogen-bond donors (Lipinski definition) is 3. The minimum absolute atomic E-state index is 0.0223. The quantitative estimate of drug-likeness (QED) is 0.543.